The predicted octanol–water partition coefficient (Wildman–Crippen LogP) is 3.46. The smallest absolute Gasteiger partial charge is 0.265 e. The molecule has 6 nitrogen and oxygen atoms in total. The van der Waals surface area contributed by atoms with Crippen LogP contribution in [0.15, 0.2) is 30.6 Å². The van der Waals surface area contributed by atoms with Gasteiger partial charge in [0.05, 0.1) is 11.1 Å². The van der Waals surface area contributed by atoms with Gasteiger partial charge in [-0.15, -0.1) is 11.3 Å². The summed E-state index contributed by atoms with van der Waals surface area (Å²) in [5, 5.41) is 7.12. The van der Waals surface area contributed by atoms with Crippen molar-refractivity contribution in [3.63, 3.8) is 0 Å². The van der Waals surface area contributed by atoms with E-state index in [0.29, 0.717) is 11.4 Å². The highest BCUT2D eigenvalue weighted by molar-refractivity contribution is 7.18. The minimum Gasteiger partial charge on any atom is -0.479 e. The number of rotatable bonds is 2. The maximum atomic E-state index is 11.7. The second-order valence-electron chi connectivity index (χ2n) is 5.38. The molecular weight excluding hydrogens is 312 g/mol. The molecule has 2 N–H and O–H groups in total. The molecule has 2 aromatic heterocycles. The molecule has 23 heavy (non-hydrogen) atoms. The van der Waals surface area contributed by atoms with Crippen LogP contribution in [-0.4, -0.2) is 22.0 Å². The SMILES string of the molecule is Cc1cc2c(Nc3ccc4c(c3)NC(=O)C(C)O4)ncnc2s1. The highest BCUT2D eigenvalue weighted by Gasteiger charge is 2.23. The topological polar surface area (TPSA) is 76.1 Å². The van der Waals surface area contributed by atoms with Gasteiger partial charge in [0.1, 0.15) is 22.7 Å². The summed E-state index contributed by atoms with van der Waals surface area (Å²) in [6.45, 7) is 3.77. The Balaban J connectivity index is 1.69. The number of nitrogens with one attached hydrogen (secondary N) is 2. The number of nitrogens with zero attached hydrogens (tertiary/aromatic N) is 2. The number of carbonyl (C=O) groups is 1. The first-order chi connectivity index (χ1) is 11.1. The normalized spacial score (nSPS) is 16.6. The van der Waals surface area contributed by atoms with E-state index in [9.17, 15) is 4.79 Å². The fourth-order valence-corrected chi connectivity index (χ4v) is 3.35. The Morgan fingerprint density at radius 2 is 2.17 bits per heavy atom. The van der Waals surface area contributed by atoms with Crippen molar-refractivity contribution in [3.05, 3.63) is 35.5 Å². The summed E-state index contributed by atoms with van der Waals surface area (Å²) in [4.78, 5) is 22.5. The van der Waals surface area contributed by atoms with Gasteiger partial charge in [0, 0.05) is 10.6 Å². The van der Waals surface area contributed by atoms with E-state index in [4.69, 9.17) is 4.74 Å². The van der Waals surface area contributed by atoms with Crippen molar-refractivity contribution < 1.29 is 9.53 Å². The molecule has 4 rings (SSSR count). The zero-order valence-electron chi connectivity index (χ0n) is 12.6. The van der Waals surface area contributed by atoms with Gasteiger partial charge in [-0.2, -0.15) is 0 Å². The Labute approximate surface area is 136 Å². The van der Waals surface area contributed by atoms with Crippen molar-refractivity contribution in [2.24, 2.45) is 0 Å². The third-order valence-electron chi connectivity index (χ3n) is 3.63. The lowest BCUT2D eigenvalue weighted by Crippen LogP contribution is -2.34. The highest BCUT2D eigenvalue weighted by Crippen LogP contribution is 2.34. The van der Waals surface area contributed by atoms with E-state index in [1.54, 1.807) is 24.6 Å². The van der Waals surface area contributed by atoms with Crippen molar-refractivity contribution in [1.29, 1.82) is 0 Å². The van der Waals surface area contributed by atoms with Crippen LogP contribution in [0.25, 0.3) is 10.2 Å². The van der Waals surface area contributed by atoms with Crippen LogP contribution in [0.4, 0.5) is 17.2 Å². The van der Waals surface area contributed by atoms with E-state index in [1.165, 1.54) is 4.88 Å². The minimum atomic E-state index is -0.475. The standard InChI is InChI=1S/C16H14N4O2S/c1-8-5-11-14(17-7-18-16(11)23-8)19-10-3-4-13-12(6-10)20-15(21)9(2)22-13/h3-7,9H,1-2H3,(H,20,21)(H,17,18,19). The number of anilines is 3. The molecule has 0 bridgehead atoms. The lowest BCUT2D eigenvalue weighted by molar-refractivity contribution is -0.122. The molecule has 0 spiro atoms. The van der Waals surface area contributed by atoms with Crippen LogP contribution in [0.1, 0.15) is 11.8 Å². The number of fused-ring (bicyclic) bond motifs is 2. The third kappa shape index (κ3) is 2.49. The molecule has 0 fully saturated rings. The molecule has 1 unspecified atom stereocenters. The number of thiophene rings is 1. The van der Waals surface area contributed by atoms with Crippen molar-refractivity contribution in [1.82, 2.24) is 9.97 Å². The van der Waals surface area contributed by atoms with Crippen LogP contribution in [-0.2, 0) is 4.79 Å². The molecule has 7 heteroatoms. The van der Waals surface area contributed by atoms with Crippen LogP contribution in [0.3, 0.4) is 0 Å². The lowest BCUT2D eigenvalue weighted by atomic mass is 10.2. The summed E-state index contributed by atoms with van der Waals surface area (Å²) < 4.78 is 5.56. The number of hydrogen-bond donors (Lipinski definition) is 2. The van der Waals surface area contributed by atoms with Crippen LogP contribution >= 0.6 is 11.3 Å². The molecule has 1 aromatic carbocycles. The summed E-state index contributed by atoms with van der Waals surface area (Å²) >= 11 is 1.63. The van der Waals surface area contributed by atoms with E-state index < -0.39 is 6.10 Å². The van der Waals surface area contributed by atoms with Crippen molar-refractivity contribution >= 4 is 44.7 Å². The first-order valence-electron chi connectivity index (χ1n) is 7.20. The number of hydrogen-bond acceptors (Lipinski definition) is 6. The molecule has 0 saturated carbocycles. The van der Waals surface area contributed by atoms with Gasteiger partial charge in [-0.1, -0.05) is 0 Å². The molecule has 0 aliphatic carbocycles. The molecule has 1 aliphatic rings. The van der Waals surface area contributed by atoms with Crippen molar-refractivity contribution in [2.75, 3.05) is 10.6 Å². The molecule has 3 aromatic rings. The molecule has 1 atom stereocenters. The van der Waals surface area contributed by atoms with Gasteiger partial charge < -0.3 is 15.4 Å². The van der Waals surface area contributed by atoms with Gasteiger partial charge in [-0.3, -0.25) is 4.79 Å². The summed E-state index contributed by atoms with van der Waals surface area (Å²) in [7, 11) is 0. The summed E-state index contributed by atoms with van der Waals surface area (Å²) in [5.74, 6) is 1.27. The first kappa shape index (κ1) is 14.0. The van der Waals surface area contributed by atoms with E-state index in [1.807, 2.05) is 25.1 Å². The van der Waals surface area contributed by atoms with E-state index >= 15 is 0 Å². The minimum absolute atomic E-state index is 0.146. The maximum Gasteiger partial charge on any atom is 0.265 e. The van der Waals surface area contributed by atoms with Crippen LogP contribution < -0.4 is 15.4 Å². The lowest BCUT2D eigenvalue weighted by Gasteiger charge is -2.23. The van der Waals surface area contributed by atoms with Crippen LogP contribution in [0, 0.1) is 6.92 Å². The van der Waals surface area contributed by atoms with Gasteiger partial charge in [0.25, 0.3) is 5.91 Å². The highest BCUT2D eigenvalue weighted by atomic mass is 32.1. The number of aromatic nitrogens is 2. The Morgan fingerprint density at radius 3 is 3.04 bits per heavy atom. The van der Waals surface area contributed by atoms with Crippen LogP contribution in [0.2, 0.25) is 0 Å². The summed E-state index contributed by atoms with van der Waals surface area (Å²) in [6.07, 6.45) is 1.07. The first-order valence-corrected chi connectivity index (χ1v) is 8.01. The van der Waals surface area contributed by atoms with E-state index in [0.717, 1.165) is 21.7 Å². The Bertz CT molecular complexity index is 922. The third-order valence-corrected chi connectivity index (χ3v) is 4.58. The number of benzene rings is 1. The molecular formula is C16H14N4O2S. The Morgan fingerprint density at radius 1 is 1.30 bits per heavy atom. The monoisotopic (exact) mass is 326 g/mol. The van der Waals surface area contributed by atoms with Gasteiger partial charge >= 0.3 is 0 Å². The van der Waals surface area contributed by atoms with Crippen molar-refractivity contribution in [2.45, 2.75) is 20.0 Å². The number of carbonyl (C=O) groups excluding carboxylic acids is 1. The number of ether oxygens (including phenoxy) is 1. The number of amides is 1. The van der Waals surface area contributed by atoms with Crippen LogP contribution in [0.5, 0.6) is 5.75 Å². The summed E-state index contributed by atoms with van der Waals surface area (Å²) in [6, 6.07) is 7.64. The van der Waals surface area contributed by atoms with Gasteiger partial charge in [0.15, 0.2) is 6.10 Å². The molecule has 116 valence electrons. The Kier molecular flexibility index (Phi) is 3.16. The Hall–Kier alpha value is -2.67. The largest absolute Gasteiger partial charge is 0.479 e. The fraction of sp³-hybridized carbons (Fsp3) is 0.188. The quantitative estimate of drug-likeness (QED) is 0.754. The zero-order chi connectivity index (χ0) is 16.0. The molecule has 0 radical (unpaired) electrons. The average molecular weight is 326 g/mol. The van der Waals surface area contributed by atoms with E-state index in [2.05, 4.69) is 26.7 Å². The van der Waals surface area contributed by atoms with Gasteiger partial charge in [0.2, 0.25) is 0 Å². The van der Waals surface area contributed by atoms with E-state index in [-0.39, 0.29) is 5.91 Å². The average Bonchev–Trinajstić information content (AvgIpc) is 2.90. The molecule has 1 amide bonds. The van der Waals surface area contributed by atoms with Gasteiger partial charge in [-0.05, 0) is 38.1 Å². The maximum absolute atomic E-state index is 11.7. The summed E-state index contributed by atoms with van der Waals surface area (Å²) in [5.41, 5.74) is 1.48. The second-order valence-corrected chi connectivity index (χ2v) is 6.62. The molecule has 1 aliphatic heterocycles. The zero-order valence-corrected chi connectivity index (χ0v) is 13.4. The van der Waals surface area contributed by atoms with Crippen molar-refractivity contribution in [3.8, 4) is 5.75 Å². The predicted molar refractivity (Wildman–Crippen MR) is 90.6 cm³/mol. The van der Waals surface area contributed by atoms with Gasteiger partial charge in [-0.25, -0.2) is 9.97 Å². The fourth-order valence-electron chi connectivity index (χ4n) is 2.50. The molecule has 0 saturated heterocycles. The molecule has 3 heterocycles. The number of aryl methyl sites for hydroxylation is 1. The second kappa shape index (κ2) is 5.20.